The van der Waals surface area contributed by atoms with E-state index in [2.05, 4.69) is 5.32 Å². The van der Waals surface area contributed by atoms with E-state index in [4.69, 9.17) is 25.8 Å². The second kappa shape index (κ2) is 11.1. The smallest absolute Gasteiger partial charge is 0.0701 e. The van der Waals surface area contributed by atoms with Crippen LogP contribution in [0.2, 0.25) is 5.02 Å². The highest BCUT2D eigenvalue weighted by atomic mass is 35.5. The van der Waals surface area contributed by atoms with Gasteiger partial charge in [-0.05, 0) is 24.6 Å². The molecule has 0 radical (unpaired) electrons. The number of hydrogen-bond donors (Lipinski definition) is 1. The van der Waals surface area contributed by atoms with Crippen LogP contribution in [0.1, 0.15) is 6.42 Å². The van der Waals surface area contributed by atoms with E-state index in [1.54, 1.807) is 7.11 Å². The second-order valence-corrected chi connectivity index (χ2v) is 4.44. The summed E-state index contributed by atoms with van der Waals surface area (Å²) in [5.41, 5.74) is 1.01. The van der Waals surface area contributed by atoms with Gasteiger partial charge >= 0.3 is 0 Å². The summed E-state index contributed by atoms with van der Waals surface area (Å²) in [6.45, 7) is 4.10. The molecule has 0 heterocycles. The Bertz CT molecular complexity index is 336. The Kier molecular flexibility index (Phi) is 9.45. The van der Waals surface area contributed by atoms with Crippen molar-refractivity contribution in [1.82, 2.24) is 0 Å². The highest BCUT2D eigenvalue weighted by Crippen LogP contribution is 2.14. The fourth-order valence-electron chi connectivity index (χ4n) is 1.49. The first-order chi connectivity index (χ1) is 9.33. The van der Waals surface area contributed by atoms with Crippen molar-refractivity contribution in [2.24, 2.45) is 0 Å². The number of halogens is 1. The number of methoxy groups -OCH3 is 1. The Balaban J connectivity index is 1.89. The lowest BCUT2D eigenvalue weighted by molar-refractivity contribution is 0.0431. The lowest BCUT2D eigenvalue weighted by Gasteiger charge is -2.08. The molecule has 19 heavy (non-hydrogen) atoms. The van der Waals surface area contributed by atoms with Crippen molar-refractivity contribution < 1.29 is 14.2 Å². The molecule has 4 nitrogen and oxygen atoms in total. The molecule has 1 aromatic rings. The van der Waals surface area contributed by atoms with Gasteiger partial charge in [0.1, 0.15) is 0 Å². The molecular weight excluding hydrogens is 266 g/mol. The van der Waals surface area contributed by atoms with Crippen LogP contribution in [0.25, 0.3) is 0 Å². The van der Waals surface area contributed by atoms with Gasteiger partial charge < -0.3 is 19.5 Å². The van der Waals surface area contributed by atoms with Crippen molar-refractivity contribution in [3.8, 4) is 0 Å². The van der Waals surface area contributed by atoms with E-state index >= 15 is 0 Å². The molecule has 0 atom stereocenters. The number of ether oxygens (including phenoxy) is 3. The number of hydrogen-bond acceptors (Lipinski definition) is 4. The van der Waals surface area contributed by atoms with Gasteiger partial charge in [0.05, 0.1) is 19.8 Å². The molecule has 0 saturated heterocycles. The van der Waals surface area contributed by atoms with Gasteiger partial charge in [-0.15, -0.1) is 0 Å². The van der Waals surface area contributed by atoms with Gasteiger partial charge in [0.15, 0.2) is 0 Å². The molecule has 0 amide bonds. The van der Waals surface area contributed by atoms with Gasteiger partial charge in [-0.1, -0.05) is 17.7 Å². The lowest BCUT2D eigenvalue weighted by atomic mass is 10.3. The van der Waals surface area contributed by atoms with Gasteiger partial charge in [-0.25, -0.2) is 0 Å². The molecule has 0 aromatic heterocycles. The van der Waals surface area contributed by atoms with Crippen LogP contribution in [0.4, 0.5) is 5.69 Å². The topological polar surface area (TPSA) is 39.7 Å². The van der Waals surface area contributed by atoms with Crippen LogP contribution in [-0.2, 0) is 14.2 Å². The quantitative estimate of drug-likeness (QED) is 0.635. The Morgan fingerprint density at radius 3 is 2.58 bits per heavy atom. The van der Waals surface area contributed by atoms with Gasteiger partial charge in [0.25, 0.3) is 0 Å². The predicted octanol–water partition coefficient (Wildman–Crippen LogP) is 2.82. The third-order valence-corrected chi connectivity index (χ3v) is 2.64. The summed E-state index contributed by atoms with van der Waals surface area (Å²) < 4.78 is 15.7. The zero-order chi connectivity index (χ0) is 13.8. The fourth-order valence-corrected chi connectivity index (χ4v) is 1.68. The molecule has 1 rings (SSSR count). The summed E-state index contributed by atoms with van der Waals surface area (Å²) in [6.07, 6.45) is 0.923. The Labute approximate surface area is 120 Å². The standard InChI is InChI=1S/C14H22ClNO3/c1-17-7-3-8-18-10-11-19-9-6-16-14-5-2-4-13(15)12-14/h2,4-5,12,16H,3,6-11H2,1H3. The lowest BCUT2D eigenvalue weighted by Crippen LogP contribution is -2.13. The number of rotatable bonds is 11. The van der Waals surface area contributed by atoms with E-state index in [9.17, 15) is 0 Å². The minimum absolute atomic E-state index is 0.615. The van der Waals surface area contributed by atoms with Gasteiger partial charge in [0, 0.05) is 37.6 Å². The first-order valence-corrected chi connectivity index (χ1v) is 6.84. The second-order valence-electron chi connectivity index (χ2n) is 4.01. The van der Waals surface area contributed by atoms with Crippen molar-refractivity contribution in [3.63, 3.8) is 0 Å². The maximum atomic E-state index is 5.88. The van der Waals surface area contributed by atoms with E-state index in [0.29, 0.717) is 19.8 Å². The molecule has 0 fully saturated rings. The third kappa shape index (κ3) is 8.83. The first kappa shape index (κ1) is 16.2. The van der Waals surface area contributed by atoms with Crippen LogP contribution < -0.4 is 5.32 Å². The molecule has 0 unspecified atom stereocenters. The van der Waals surface area contributed by atoms with Crippen LogP contribution >= 0.6 is 11.6 Å². The van der Waals surface area contributed by atoms with Crippen LogP contribution in [0.3, 0.4) is 0 Å². The molecule has 1 N–H and O–H groups in total. The predicted molar refractivity (Wildman–Crippen MR) is 78.1 cm³/mol. The number of anilines is 1. The summed E-state index contributed by atoms with van der Waals surface area (Å²) in [4.78, 5) is 0. The Morgan fingerprint density at radius 1 is 1.05 bits per heavy atom. The zero-order valence-electron chi connectivity index (χ0n) is 11.4. The average molecular weight is 288 g/mol. The minimum Gasteiger partial charge on any atom is -0.385 e. The highest BCUT2D eigenvalue weighted by molar-refractivity contribution is 6.30. The molecule has 5 heteroatoms. The van der Waals surface area contributed by atoms with Crippen molar-refractivity contribution in [3.05, 3.63) is 29.3 Å². The van der Waals surface area contributed by atoms with Gasteiger partial charge in [-0.3, -0.25) is 0 Å². The fraction of sp³-hybridized carbons (Fsp3) is 0.571. The minimum atomic E-state index is 0.615. The molecule has 0 bridgehead atoms. The summed E-state index contributed by atoms with van der Waals surface area (Å²) in [5, 5.41) is 3.97. The SMILES string of the molecule is COCCCOCCOCCNc1cccc(Cl)c1. The highest BCUT2D eigenvalue weighted by Gasteiger charge is 1.94. The van der Waals surface area contributed by atoms with Crippen molar-refractivity contribution in [2.75, 3.05) is 52.0 Å². The van der Waals surface area contributed by atoms with Crippen LogP contribution in [0, 0.1) is 0 Å². The Hall–Kier alpha value is -0.810. The number of nitrogens with one attached hydrogen (secondary N) is 1. The molecular formula is C14H22ClNO3. The molecule has 0 spiro atoms. The van der Waals surface area contributed by atoms with E-state index in [0.717, 1.165) is 36.9 Å². The van der Waals surface area contributed by atoms with Gasteiger partial charge in [0.2, 0.25) is 0 Å². The normalized spacial score (nSPS) is 10.6. The maximum Gasteiger partial charge on any atom is 0.0701 e. The number of benzene rings is 1. The third-order valence-electron chi connectivity index (χ3n) is 2.41. The summed E-state index contributed by atoms with van der Waals surface area (Å²) in [5.74, 6) is 0. The van der Waals surface area contributed by atoms with Crippen molar-refractivity contribution in [1.29, 1.82) is 0 Å². The summed E-state index contributed by atoms with van der Waals surface area (Å²) >= 11 is 5.88. The maximum absolute atomic E-state index is 5.88. The average Bonchev–Trinajstić information content (AvgIpc) is 2.41. The van der Waals surface area contributed by atoms with Crippen LogP contribution in [0.5, 0.6) is 0 Å². The molecule has 1 aromatic carbocycles. The van der Waals surface area contributed by atoms with Crippen LogP contribution in [0.15, 0.2) is 24.3 Å². The largest absolute Gasteiger partial charge is 0.385 e. The van der Waals surface area contributed by atoms with Crippen molar-refractivity contribution >= 4 is 17.3 Å². The monoisotopic (exact) mass is 287 g/mol. The molecule has 0 aliphatic rings. The summed E-state index contributed by atoms with van der Waals surface area (Å²) in [6, 6.07) is 7.63. The van der Waals surface area contributed by atoms with Crippen LogP contribution in [-0.4, -0.2) is 46.7 Å². The van der Waals surface area contributed by atoms with E-state index < -0.39 is 0 Å². The van der Waals surface area contributed by atoms with E-state index in [1.165, 1.54) is 0 Å². The molecule has 0 aliphatic heterocycles. The molecule has 0 aliphatic carbocycles. The molecule has 0 saturated carbocycles. The zero-order valence-corrected chi connectivity index (χ0v) is 12.1. The first-order valence-electron chi connectivity index (χ1n) is 6.47. The van der Waals surface area contributed by atoms with E-state index in [1.807, 2.05) is 24.3 Å². The Morgan fingerprint density at radius 2 is 1.84 bits per heavy atom. The van der Waals surface area contributed by atoms with Gasteiger partial charge in [-0.2, -0.15) is 0 Å². The van der Waals surface area contributed by atoms with Crippen molar-refractivity contribution in [2.45, 2.75) is 6.42 Å². The molecule has 108 valence electrons. The summed E-state index contributed by atoms with van der Waals surface area (Å²) in [7, 11) is 1.69. The van der Waals surface area contributed by atoms with E-state index in [-0.39, 0.29) is 0 Å².